The van der Waals surface area contributed by atoms with Gasteiger partial charge in [0.05, 0.1) is 0 Å². The first-order valence-corrected chi connectivity index (χ1v) is 7.92. The molecule has 1 rings (SSSR count). The first-order valence-electron chi connectivity index (χ1n) is 6.20. The number of carbonyl (C=O) groups is 1. The molecule has 0 saturated heterocycles. The molecule has 1 saturated carbocycles. The van der Waals surface area contributed by atoms with Crippen molar-refractivity contribution >= 4 is 16.7 Å². The molecule has 0 spiro atoms. The smallest absolute Gasteiger partial charge is 0.223 e. The molecule has 0 radical (unpaired) electrons. The third-order valence-corrected chi connectivity index (χ3v) is 4.07. The number of nitrogens with one attached hydrogen (secondary N) is 1. The number of amides is 1. The van der Waals surface area contributed by atoms with Crippen molar-refractivity contribution in [3.8, 4) is 0 Å². The Kier molecular flexibility index (Phi) is 6.03. The topological polar surface area (TPSA) is 46.2 Å². The predicted octanol–water partition coefficient (Wildman–Crippen LogP) is 1.84. The van der Waals surface area contributed by atoms with Crippen molar-refractivity contribution in [3.05, 3.63) is 0 Å². The van der Waals surface area contributed by atoms with Crippen molar-refractivity contribution in [2.24, 2.45) is 5.92 Å². The highest BCUT2D eigenvalue weighted by molar-refractivity contribution is 7.84. The summed E-state index contributed by atoms with van der Waals surface area (Å²) in [5.41, 5.74) is 0. The molecule has 0 aromatic carbocycles. The predicted molar refractivity (Wildman–Crippen MR) is 67.7 cm³/mol. The van der Waals surface area contributed by atoms with Crippen molar-refractivity contribution in [1.82, 2.24) is 5.32 Å². The third-order valence-electron chi connectivity index (χ3n) is 3.10. The van der Waals surface area contributed by atoms with E-state index < -0.39 is 10.8 Å². The third kappa shape index (κ3) is 5.10. The molecule has 0 aromatic rings. The van der Waals surface area contributed by atoms with Crippen LogP contribution in [0.3, 0.4) is 0 Å². The van der Waals surface area contributed by atoms with Crippen LogP contribution in [0.25, 0.3) is 0 Å². The second-order valence-electron chi connectivity index (χ2n) is 4.84. The summed E-state index contributed by atoms with van der Waals surface area (Å²) in [5.74, 6) is 0.911. The largest absolute Gasteiger partial charge is 0.352 e. The van der Waals surface area contributed by atoms with Crippen LogP contribution in [-0.4, -0.2) is 28.2 Å². The van der Waals surface area contributed by atoms with E-state index >= 15 is 0 Å². The van der Waals surface area contributed by atoms with Gasteiger partial charge in [-0.25, -0.2) is 0 Å². The molecule has 4 heteroatoms. The zero-order chi connectivity index (χ0) is 12.0. The van der Waals surface area contributed by atoms with Crippen LogP contribution in [0.2, 0.25) is 0 Å². The summed E-state index contributed by atoms with van der Waals surface area (Å²) in [5, 5.41) is 2.98. The fraction of sp³-hybridized carbons (Fsp3) is 0.917. The SMILES string of the molecule is CC(CS(C)=O)NC(=O)C1CCCCCC1. The van der Waals surface area contributed by atoms with Gasteiger partial charge < -0.3 is 5.32 Å². The van der Waals surface area contributed by atoms with Gasteiger partial charge in [-0.1, -0.05) is 25.7 Å². The van der Waals surface area contributed by atoms with Crippen molar-refractivity contribution in [3.63, 3.8) is 0 Å². The summed E-state index contributed by atoms with van der Waals surface area (Å²) in [6.45, 7) is 1.93. The summed E-state index contributed by atoms with van der Waals surface area (Å²) in [6, 6.07) is 0.0292. The van der Waals surface area contributed by atoms with Gasteiger partial charge in [-0.15, -0.1) is 0 Å². The maximum atomic E-state index is 11.9. The van der Waals surface area contributed by atoms with Crippen molar-refractivity contribution < 1.29 is 9.00 Å². The molecule has 2 unspecified atom stereocenters. The van der Waals surface area contributed by atoms with Gasteiger partial charge in [-0.05, 0) is 19.8 Å². The van der Waals surface area contributed by atoms with Crippen LogP contribution in [0.1, 0.15) is 45.4 Å². The van der Waals surface area contributed by atoms with Crippen LogP contribution >= 0.6 is 0 Å². The van der Waals surface area contributed by atoms with Gasteiger partial charge in [0, 0.05) is 34.8 Å². The van der Waals surface area contributed by atoms with Crippen LogP contribution < -0.4 is 5.32 Å². The first-order chi connectivity index (χ1) is 7.59. The molecule has 1 amide bonds. The molecule has 0 aromatic heterocycles. The Morgan fingerprint density at radius 1 is 1.31 bits per heavy atom. The molecule has 1 aliphatic carbocycles. The van der Waals surface area contributed by atoms with Crippen LogP contribution in [0.15, 0.2) is 0 Å². The van der Waals surface area contributed by atoms with E-state index in [1.54, 1.807) is 6.26 Å². The second-order valence-corrected chi connectivity index (χ2v) is 6.32. The van der Waals surface area contributed by atoms with Crippen molar-refractivity contribution in [2.45, 2.75) is 51.5 Å². The van der Waals surface area contributed by atoms with E-state index in [0.29, 0.717) is 5.75 Å². The summed E-state index contributed by atoms with van der Waals surface area (Å²) < 4.78 is 11.0. The number of hydrogen-bond acceptors (Lipinski definition) is 2. The number of hydrogen-bond donors (Lipinski definition) is 1. The summed E-state index contributed by atoms with van der Waals surface area (Å²) in [4.78, 5) is 11.9. The monoisotopic (exact) mass is 245 g/mol. The molecule has 0 aliphatic heterocycles. The zero-order valence-corrected chi connectivity index (χ0v) is 11.1. The minimum atomic E-state index is -0.835. The Hall–Kier alpha value is -0.380. The van der Waals surface area contributed by atoms with Gasteiger partial charge in [0.15, 0.2) is 0 Å². The lowest BCUT2D eigenvalue weighted by Crippen LogP contribution is -2.39. The van der Waals surface area contributed by atoms with Gasteiger partial charge in [-0.2, -0.15) is 0 Å². The van der Waals surface area contributed by atoms with Crippen molar-refractivity contribution in [2.75, 3.05) is 12.0 Å². The van der Waals surface area contributed by atoms with E-state index in [1.807, 2.05) is 6.92 Å². The van der Waals surface area contributed by atoms with Crippen LogP contribution in [0, 0.1) is 5.92 Å². The van der Waals surface area contributed by atoms with Gasteiger partial charge in [0.25, 0.3) is 0 Å². The molecule has 16 heavy (non-hydrogen) atoms. The molecular weight excluding hydrogens is 222 g/mol. The molecule has 1 aliphatic rings. The summed E-state index contributed by atoms with van der Waals surface area (Å²) in [7, 11) is -0.835. The molecule has 3 nitrogen and oxygen atoms in total. The van der Waals surface area contributed by atoms with E-state index in [-0.39, 0.29) is 17.9 Å². The van der Waals surface area contributed by atoms with Crippen LogP contribution in [-0.2, 0) is 15.6 Å². The highest BCUT2D eigenvalue weighted by Gasteiger charge is 2.21. The van der Waals surface area contributed by atoms with E-state index in [0.717, 1.165) is 12.8 Å². The van der Waals surface area contributed by atoms with Gasteiger partial charge >= 0.3 is 0 Å². The highest BCUT2D eigenvalue weighted by atomic mass is 32.2. The standard InChI is InChI=1S/C12H23NO2S/c1-10(9-16(2)15)13-12(14)11-7-5-3-4-6-8-11/h10-11H,3-9H2,1-2H3,(H,13,14). The Bertz CT molecular complexity index is 247. The van der Waals surface area contributed by atoms with Gasteiger partial charge in [0.1, 0.15) is 0 Å². The summed E-state index contributed by atoms with van der Waals surface area (Å²) in [6.07, 6.45) is 8.59. The highest BCUT2D eigenvalue weighted by Crippen LogP contribution is 2.22. The fourth-order valence-corrected chi connectivity index (χ4v) is 3.08. The molecule has 2 atom stereocenters. The van der Waals surface area contributed by atoms with Crippen molar-refractivity contribution in [1.29, 1.82) is 0 Å². The lowest BCUT2D eigenvalue weighted by molar-refractivity contribution is -0.125. The minimum absolute atomic E-state index is 0.0292. The molecular formula is C12H23NO2S. The molecule has 0 bridgehead atoms. The van der Waals surface area contributed by atoms with Crippen LogP contribution in [0.4, 0.5) is 0 Å². The number of carbonyl (C=O) groups excluding carboxylic acids is 1. The maximum absolute atomic E-state index is 11.9. The Balaban J connectivity index is 2.34. The summed E-state index contributed by atoms with van der Waals surface area (Å²) >= 11 is 0. The Morgan fingerprint density at radius 2 is 1.88 bits per heavy atom. The first kappa shape index (κ1) is 13.7. The second kappa shape index (κ2) is 7.05. The zero-order valence-electron chi connectivity index (χ0n) is 10.3. The molecule has 94 valence electrons. The van der Waals surface area contributed by atoms with Gasteiger partial charge in [-0.3, -0.25) is 9.00 Å². The van der Waals surface area contributed by atoms with E-state index in [1.165, 1.54) is 25.7 Å². The molecule has 1 fully saturated rings. The maximum Gasteiger partial charge on any atom is 0.223 e. The Morgan fingerprint density at radius 3 is 2.38 bits per heavy atom. The quantitative estimate of drug-likeness (QED) is 0.768. The lowest BCUT2D eigenvalue weighted by atomic mass is 9.99. The number of rotatable bonds is 4. The van der Waals surface area contributed by atoms with Gasteiger partial charge in [0.2, 0.25) is 5.91 Å². The molecule has 1 N–H and O–H groups in total. The normalized spacial score (nSPS) is 22.1. The van der Waals surface area contributed by atoms with E-state index in [2.05, 4.69) is 5.32 Å². The average Bonchev–Trinajstić information content (AvgIpc) is 2.43. The van der Waals surface area contributed by atoms with E-state index in [9.17, 15) is 9.00 Å². The molecule has 0 heterocycles. The van der Waals surface area contributed by atoms with E-state index in [4.69, 9.17) is 0 Å². The fourth-order valence-electron chi connectivity index (χ4n) is 2.30. The van der Waals surface area contributed by atoms with Crippen LogP contribution in [0.5, 0.6) is 0 Å². The lowest BCUT2D eigenvalue weighted by Gasteiger charge is -2.18. The average molecular weight is 245 g/mol. The Labute approximate surface area is 101 Å². The minimum Gasteiger partial charge on any atom is -0.352 e.